The summed E-state index contributed by atoms with van der Waals surface area (Å²) in [6.45, 7) is 6.75. The van der Waals surface area contributed by atoms with Crippen molar-refractivity contribution in [3.63, 3.8) is 0 Å². The van der Waals surface area contributed by atoms with Crippen LogP contribution in [0, 0.1) is 12.8 Å². The Morgan fingerprint density at radius 2 is 1.90 bits per heavy atom. The zero-order chi connectivity index (χ0) is 20.5. The molecule has 0 atom stereocenters. The fourth-order valence-corrected chi connectivity index (χ4v) is 5.75. The highest BCUT2D eigenvalue weighted by atomic mass is 32.1. The van der Waals surface area contributed by atoms with Crippen molar-refractivity contribution in [1.82, 2.24) is 19.8 Å². The Bertz CT molecular complexity index is 1010. The molecular formula is C24H30N4OS. The summed E-state index contributed by atoms with van der Waals surface area (Å²) in [4.78, 5) is 25.7. The van der Waals surface area contributed by atoms with Gasteiger partial charge in [0.25, 0.3) is 0 Å². The van der Waals surface area contributed by atoms with Gasteiger partial charge in [-0.05, 0) is 63.2 Å². The summed E-state index contributed by atoms with van der Waals surface area (Å²) in [5.74, 6) is 1.13. The van der Waals surface area contributed by atoms with Crippen molar-refractivity contribution in [3.8, 4) is 0 Å². The van der Waals surface area contributed by atoms with E-state index in [-0.39, 0.29) is 5.92 Å². The quantitative estimate of drug-likeness (QED) is 0.671. The highest BCUT2D eigenvalue weighted by Gasteiger charge is 2.31. The van der Waals surface area contributed by atoms with Crippen LogP contribution in [-0.2, 0) is 11.3 Å². The van der Waals surface area contributed by atoms with Crippen molar-refractivity contribution < 1.29 is 4.79 Å². The van der Waals surface area contributed by atoms with E-state index in [9.17, 15) is 4.79 Å². The number of H-pyrrole nitrogens is 1. The average molecular weight is 423 g/mol. The number of aromatic amines is 1. The van der Waals surface area contributed by atoms with Crippen molar-refractivity contribution in [2.45, 2.75) is 45.1 Å². The van der Waals surface area contributed by atoms with Gasteiger partial charge in [0.05, 0.1) is 10.7 Å². The molecule has 2 saturated heterocycles. The number of piperidine rings is 2. The van der Waals surface area contributed by atoms with E-state index in [1.165, 1.54) is 22.2 Å². The maximum Gasteiger partial charge on any atom is 0.225 e. The van der Waals surface area contributed by atoms with Crippen LogP contribution in [0.2, 0.25) is 0 Å². The number of aryl methyl sites for hydroxylation is 1. The van der Waals surface area contributed by atoms with E-state index >= 15 is 0 Å². The van der Waals surface area contributed by atoms with Gasteiger partial charge in [0.1, 0.15) is 0 Å². The number of nitrogens with one attached hydrogen (secondary N) is 1. The number of hydrogen-bond donors (Lipinski definition) is 1. The molecule has 2 aromatic heterocycles. The molecule has 2 fully saturated rings. The average Bonchev–Trinajstić information content (AvgIpc) is 3.40. The van der Waals surface area contributed by atoms with Crippen molar-refractivity contribution in [1.29, 1.82) is 0 Å². The Balaban J connectivity index is 1.13. The summed E-state index contributed by atoms with van der Waals surface area (Å²) in [5, 5.41) is 4.63. The Morgan fingerprint density at radius 1 is 1.13 bits per heavy atom. The van der Waals surface area contributed by atoms with Gasteiger partial charge >= 0.3 is 0 Å². The predicted molar refractivity (Wildman–Crippen MR) is 122 cm³/mol. The third-order valence-electron chi connectivity index (χ3n) is 6.86. The van der Waals surface area contributed by atoms with E-state index in [0.29, 0.717) is 11.8 Å². The monoisotopic (exact) mass is 422 g/mol. The fraction of sp³-hybridized carbons (Fsp3) is 0.500. The Morgan fingerprint density at radius 3 is 2.63 bits per heavy atom. The van der Waals surface area contributed by atoms with Gasteiger partial charge in [0.15, 0.2) is 0 Å². The predicted octanol–water partition coefficient (Wildman–Crippen LogP) is 4.55. The molecule has 1 N–H and O–H groups in total. The normalized spacial score (nSPS) is 19.6. The van der Waals surface area contributed by atoms with Crippen LogP contribution in [-0.4, -0.2) is 51.9 Å². The first-order valence-corrected chi connectivity index (χ1v) is 12.0. The second kappa shape index (κ2) is 8.52. The van der Waals surface area contributed by atoms with Crippen LogP contribution in [0.4, 0.5) is 0 Å². The second-order valence-electron chi connectivity index (χ2n) is 8.80. The van der Waals surface area contributed by atoms with Crippen LogP contribution in [0.5, 0.6) is 0 Å². The number of benzene rings is 1. The molecule has 0 unspecified atom stereocenters. The number of carbonyl (C=O) groups is 1. The number of para-hydroxylation sites is 1. The lowest BCUT2D eigenvalue weighted by Gasteiger charge is -2.37. The summed E-state index contributed by atoms with van der Waals surface area (Å²) in [5.41, 5.74) is 3.80. The van der Waals surface area contributed by atoms with Crippen LogP contribution < -0.4 is 0 Å². The van der Waals surface area contributed by atoms with Gasteiger partial charge in [-0.2, -0.15) is 0 Å². The van der Waals surface area contributed by atoms with Gasteiger partial charge in [-0.25, -0.2) is 4.98 Å². The lowest BCUT2D eigenvalue weighted by atomic mass is 9.88. The van der Waals surface area contributed by atoms with Gasteiger partial charge < -0.3 is 9.88 Å². The fourth-order valence-electron chi connectivity index (χ4n) is 5.15. The molecule has 2 aliphatic heterocycles. The number of amides is 1. The minimum atomic E-state index is 0.197. The smallest absolute Gasteiger partial charge is 0.225 e. The van der Waals surface area contributed by atoms with Crippen molar-refractivity contribution >= 4 is 28.1 Å². The number of likely N-dealkylation sites (tertiary alicyclic amines) is 2. The molecule has 5 nitrogen and oxygen atoms in total. The molecule has 0 bridgehead atoms. The largest absolute Gasteiger partial charge is 0.361 e. The Labute approximate surface area is 182 Å². The molecule has 3 aromatic rings. The first-order chi connectivity index (χ1) is 14.7. The molecule has 2 aliphatic rings. The maximum absolute atomic E-state index is 13.1. The van der Waals surface area contributed by atoms with E-state index in [1.54, 1.807) is 11.3 Å². The second-order valence-corrected chi connectivity index (χ2v) is 9.86. The van der Waals surface area contributed by atoms with Gasteiger partial charge in [-0.1, -0.05) is 18.2 Å². The molecular weight excluding hydrogens is 392 g/mol. The third-order valence-corrected chi connectivity index (χ3v) is 7.68. The molecule has 0 saturated carbocycles. The van der Waals surface area contributed by atoms with Crippen LogP contribution in [0.25, 0.3) is 10.9 Å². The van der Waals surface area contributed by atoms with Gasteiger partial charge in [0.2, 0.25) is 5.91 Å². The van der Waals surface area contributed by atoms with E-state index in [2.05, 4.69) is 62.5 Å². The summed E-state index contributed by atoms with van der Waals surface area (Å²) in [6.07, 6.45) is 6.26. The van der Waals surface area contributed by atoms with Gasteiger partial charge in [0, 0.05) is 48.0 Å². The Hall–Kier alpha value is -2.18. The SMILES string of the molecule is Cc1nc(CN2CCC(C(=O)N3CCC(c4c[nH]c5ccccc45)CC3)CC2)cs1. The number of carbonyl (C=O) groups excluding carboxylic acids is 1. The topological polar surface area (TPSA) is 52.2 Å². The number of thiazole rings is 1. The van der Waals surface area contributed by atoms with E-state index in [1.807, 2.05) is 0 Å². The van der Waals surface area contributed by atoms with Crippen LogP contribution in [0.15, 0.2) is 35.8 Å². The molecule has 0 radical (unpaired) electrons. The third kappa shape index (κ3) is 4.03. The summed E-state index contributed by atoms with van der Waals surface area (Å²) in [7, 11) is 0. The maximum atomic E-state index is 13.1. The zero-order valence-corrected chi connectivity index (χ0v) is 18.5. The highest BCUT2D eigenvalue weighted by Crippen LogP contribution is 2.34. The molecule has 1 amide bonds. The summed E-state index contributed by atoms with van der Waals surface area (Å²) >= 11 is 1.72. The molecule has 6 heteroatoms. The first kappa shape index (κ1) is 19.8. The molecule has 0 spiro atoms. The highest BCUT2D eigenvalue weighted by molar-refractivity contribution is 7.09. The van der Waals surface area contributed by atoms with E-state index in [0.717, 1.165) is 63.4 Å². The minimum Gasteiger partial charge on any atom is -0.361 e. The minimum absolute atomic E-state index is 0.197. The number of fused-ring (bicyclic) bond motifs is 1. The van der Waals surface area contributed by atoms with Crippen LogP contribution >= 0.6 is 11.3 Å². The zero-order valence-electron chi connectivity index (χ0n) is 17.6. The molecule has 30 heavy (non-hydrogen) atoms. The number of aromatic nitrogens is 2. The van der Waals surface area contributed by atoms with E-state index in [4.69, 9.17) is 0 Å². The van der Waals surface area contributed by atoms with Gasteiger partial charge in [-0.15, -0.1) is 11.3 Å². The number of nitrogens with zero attached hydrogens (tertiary/aromatic N) is 3. The van der Waals surface area contributed by atoms with Crippen molar-refractivity contribution in [3.05, 3.63) is 52.1 Å². The van der Waals surface area contributed by atoms with Crippen LogP contribution in [0.1, 0.15) is 47.9 Å². The molecule has 158 valence electrons. The number of rotatable bonds is 4. The lowest BCUT2D eigenvalue weighted by Crippen LogP contribution is -2.45. The summed E-state index contributed by atoms with van der Waals surface area (Å²) in [6, 6.07) is 8.53. The number of hydrogen-bond acceptors (Lipinski definition) is 4. The molecule has 1 aromatic carbocycles. The molecule has 4 heterocycles. The molecule has 0 aliphatic carbocycles. The Kier molecular flexibility index (Phi) is 5.61. The first-order valence-electron chi connectivity index (χ1n) is 11.2. The van der Waals surface area contributed by atoms with Gasteiger partial charge in [-0.3, -0.25) is 9.69 Å². The van der Waals surface area contributed by atoms with Crippen molar-refractivity contribution in [2.75, 3.05) is 26.2 Å². The van der Waals surface area contributed by atoms with Crippen molar-refractivity contribution in [2.24, 2.45) is 5.92 Å². The van der Waals surface area contributed by atoms with Crippen LogP contribution in [0.3, 0.4) is 0 Å². The summed E-state index contributed by atoms with van der Waals surface area (Å²) < 4.78 is 0. The molecule has 5 rings (SSSR count). The lowest BCUT2D eigenvalue weighted by molar-refractivity contribution is -0.138. The standard InChI is InChI=1S/C24H30N4OS/c1-17-26-20(16-30-17)15-27-10-6-19(7-11-27)24(29)28-12-8-18(9-13-28)22-14-25-23-5-3-2-4-21(22)23/h2-5,14,16,18-19,25H,6-13,15H2,1H3. The van der Waals surface area contributed by atoms with E-state index < -0.39 is 0 Å².